The lowest BCUT2D eigenvalue weighted by Gasteiger charge is -2.33. The maximum absolute atomic E-state index is 6.43. The predicted octanol–water partition coefficient (Wildman–Crippen LogP) is 8.35. The van der Waals surface area contributed by atoms with Crippen molar-refractivity contribution in [2.45, 2.75) is 119 Å². The molecular formula is C27H46O2. The molecule has 2 nitrogen and oxygen atoms in total. The van der Waals surface area contributed by atoms with Crippen LogP contribution in [0.25, 0.3) is 0 Å². The van der Waals surface area contributed by atoms with Crippen LogP contribution in [0, 0.1) is 16.7 Å². The zero-order valence-electron chi connectivity index (χ0n) is 20.4. The van der Waals surface area contributed by atoms with Gasteiger partial charge in [-0.3, -0.25) is 0 Å². The predicted molar refractivity (Wildman–Crippen MR) is 125 cm³/mol. The van der Waals surface area contributed by atoms with E-state index in [0.717, 1.165) is 12.2 Å². The van der Waals surface area contributed by atoms with Gasteiger partial charge in [0.1, 0.15) is 5.75 Å². The van der Waals surface area contributed by atoms with Crippen molar-refractivity contribution in [2.24, 2.45) is 16.7 Å². The third kappa shape index (κ3) is 8.70. The summed E-state index contributed by atoms with van der Waals surface area (Å²) in [6.07, 6.45) is 8.56. The highest BCUT2D eigenvalue weighted by atomic mass is 16.7. The molecule has 1 fully saturated rings. The molecule has 166 valence electrons. The fourth-order valence-electron chi connectivity index (χ4n) is 4.42. The van der Waals surface area contributed by atoms with Gasteiger partial charge in [0.25, 0.3) is 0 Å². The van der Waals surface area contributed by atoms with Crippen molar-refractivity contribution in [3.05, 3.63) is 29.8 Å². The molecular weight excluding hydrogens is 356 g/mol. The largest absolute Gasteiger partial charge is 0.465 e. The number of ether oxygens (including phenoxy) is 2. The van der Waals surface area contributed by atoms with E-state index in [0.29, 0.717) is 17.9 Å². The van der Waals surface area contributed by atoms with Crippen LogP contribution in [0.3, 0.4) is 0 Å². The summed E-state index contributed by atoms with van der Waals surface area (Å²) in [4.78, 5) is 0. The molecule has 1 aromatic rings. The minimum Gasteiger partial charge on any atom is -0.465 e. The van der Waals surface area contributed by atoms with Crippen molar-refractivity contribution >= 4 is 0 Å². The first-order chi connectivity index (χ1) is 13.4. The molecule has 1 saturated carbocycles. The fraction of sp³-hybridized carbons (Fsp3) is 0.778. The maximum Gasteiger partial charge on any atom is 0.200 e. The Bertz CT molecular complexity index is 582. The molecule has 0 spiro atoms. The van der Waals surface area contributed by atoms with Crippen molar-refractivity contribution in [2.75, 3.05) is 0 Å². The molecule has 1 aromatic carbocycles. The molecule has 1 aliphatic carbocycles. The third-order valence-electron chi connectivity index (χ3n) is 5.98. The van der Waals surface area contributed by atoms with E-state index >= 15 is 0 Å². The van der Waals surface area contributed by atoms with Gasteiger partial charge in [0.15, 0.2) is 0 Å². The lowest BCUT2D eigenvalue weighted by Crippen LogP contribution is -2.32. The fourth-order valence-corrected chi connectivity index (χ4v) is 4.42. The first-order valence-electron chi connectivity index (χ1n) is 11.9. The lowest BCUT2D eigenvalue weighted by molar-refractivity contribution is -0.142. The molecule has 0 aromatic heterocycles. The van der Waals surface area contributed by atoms with E-state index in [-0.39, 0.29) is 17.1 Å². The van der Waals surface area contributed by atoms with E-state index in [2.05, 4.69) is 79.7 Å². The van der Waals surface area contributed by atoms with Crippen molar-refractivity contribution < 1.29 is 9.47 Å². The van der Waals surface area contributed by atoms with Crippen molar-refractivity contribution in [3.63, 3.8) is 0 Å². The van der Waals surface area contributed by atoms with Crippen LogP contribution < -0.4 is 4.74 Å². The van der Waals surface area contributed by atoms with E-state index in [9.17, 15) is 0 Å². The summed E-state index contributed by atoms with van der Waals surface area (Å²) in [5, 5.41) is 0. The van der Waals surface area contributed by atoms with Gasteiger partial charge in [-0.25, -0.2) is 0 Å². The first-order valence-corrected chi connectivity index (χ1v) is 11.9. The van der Waals surface area contributed by atoms with Crippen LogP contribution in [0.4, 0.5) is 0 Å². The highest BCUT2D eigenvalue weighted by Gasteiger charge is 2.28. The molecule has 1 aliphatic rings. The van der Waals surface area contributed by atoms with Gasteiger partial charge in [0.2, 0.25) is 6.29 Å². The van der Waals surface area contributed by atoms with E-state index in [1.54, 1.807) is 0 Å². The average molecular weight is 403 g/mol. The average Bonchev–Trinajstić information content (AvgIpc) is 2.59. The molecule has 0 bridgehead atoms. The van der Waals surface area contributed by atoms with E-state index in [1.807, 2.05) is 0 Å². The second-order valence-corrected chi connectivity index (χ2v) is 11.8. The van der Waals surface area contributed by atoms with Crippen LogP contribution >= 0.6 is 0 Å². The molecule has 0 radical (unpaired) electrons. The van der Waals surface area contributed by atoms with Gasteiger partial charge >= 0.3 is 0 Å². The third-order valence-corrected chi connectivity index (χ3v) is 5.98. The van der Waals surface area contributed by atoms with E-state index in [4.69, 9.17) is 9.47 Å². The zero-order valence-corrected chi connectivity index (χ0v) is 20.4. The Hall–Kier alpha value is -1.02. The Morgan fingerprint density at radius 3 is 1.97 bits per heavy atom. The van der Waals surface area contributed by atoms with Gasteiger partial charge in [-0.1, -0.05) is 86.8 Å². The molecule has 0 saturated heterocycles. The summed E-state index contributed by atoms with van der Waals surface area (Å²) in [5.41, 5.74) is 1.85. The molecule has 2 rings (SSSR count). The number of hydrogen-bond donors (Lipinski definition) is 0. The minimum absolute atomic E-state index is 0.168. The molecule has 0 aliphatic heterocycles. The van der Waals surface area contributed by atoms with Gasteiger partial charge in [0, 0.05) is 6.42 Å². The van der Waals surface area contributed by atoms with Gasteiger partial charge in [-0.2, -0.15) is 0 Å². The van der Waals surface area contributed by atoms with Crippen molar-refractivity contribution in [3.8, 4) is 5.75 Å². The van der Waals surface area contributed by atoms with Crippen molar-refractivity contribution in [1.29, 1.82) is 0 Å². The quantitative estimate of drug-likeness (QED) is 0.407. The zero-order chi connectivity index (χ0) is 21.7. The molecule has 29 heavy (non-hydrogen) atoms. The molecule has 2 unspecified atom stereocenters. The van der Waals surface area contributed by atoms with Gasteiger partial charge in [-0.15, -0.1) is 0 Å². The maximum atomic E-state index is 6.43. The van der Waals surface area contributed by atoms with E-state index < -0.39 is 0 Å². The number of benzene rings is 1. The first kappa shape index (κ1) is 24.3. The molecule has 0 heterocycles. The molecule has 2 atom stereocenters. The Labute approximate surface area is 180 Å². The summed E-state index contributed by atoms with van der Waals surface area (Å²) in [6.45, 7) is 18.5. The van der Waals surface area contributed by atoms with Crippen LogP contribution in [0.1, 0.15) is 112 Å². The highest BCUT2D eigenvalue weighted by Crippen LogP contribution is 2.40. The summed E-state index contributed by atoms with van der Waals surface area (Å²) in [5.74, 6) is 2.17. The summed E-state index contributed by atoms with van der Waals surface area (Å²) in [6, 6.07) is 8.83. The van der Waals surface area contributed by atoms with E-state index in [1.165, 1.54) is 44.1 Å². The molecule has 0 N–H and O–H groups in total. The Morgan fingerprint density at radius 2 is 1.48 bits per heavy atom. The Kier molecular flexibility index (Phi) is 8.64. The molecule has 0 amide bonds. The summed E-state index contributed by atoms with van der Waals surface area (Å²) in [7, 11) is 0. The van der Waals surface area contributed by atoms with Crippen LogP contribution in [-0.2, 0) is 4.74 Å². The monoisotopic (exact) mass is 402 g/mol. The van der Waals surface area contributed by atoms with Gasteiger partial charge in [0.05, 0.1) is 6.10 Å². The number of hydrogen-bond acceptors (Lipinski definition) is 2. The normalized spacial score (nSPS) is 18.7. The topological polar surface area (TPSA) is 18.5 Å². The van der Waals surface area contributed by atoms with Crippen molar-refractivity contribution in [1.82, 2.24) is 0 Å². The Morgan fingerprint density at radius 1 is 0.897 bits per heavy atom. The second-order valence-electron chi connectivity index (χ2n) is 11.8. The summed E-state index contributed by atoms with van der Waals surface area (Å²) >= 11 is 0. The van der Waals surface area contributed by atoms with Crippen LogP contribution in [-0.4, -0.2) is 12.4 Å². The minimum atomic E-state index is -0.168. The van der Waals surface area contributed by atoms with Crippen LogP contribution in [0.2, 0.25) is 0 Å². The number of rotatable bonds is 8. The smallest absolute Gasteiger partial charge is 0.200 e. The lowest BCUT2D eigenvalue weighted by atomic mass is 9.72. The van der Waals surface area contributed by atoms with Gasteiger partial charge < -0.3 is 9.47 Å². The summed E-state index contributed by atoms with van der Waals surface area (Å²) < 4.78 is 12.8. The Balaban J connectivity index is 2.10. The molecule has 2 heteroatoms. The standard InChI is InChI=1S/C27H46O2/c1-20(2)18-24(27(6,7)8)21-14-16-23(17-15-21)29-25(19-26(3,4)5)28-22-12-10-9-11-13-22/h14-17,20,22,24-25H,9-13,18-19H2,1-8H3. The van der Waals surface area contributed by atoms with Crippen LogP contribution in [0.5, 0.6) is 5.75 Å². The van der Waals surface area contributed by atoms with Gasteiger partial charge in [-0.05, 0) is 59.6 Å². The SMILES string of the molecule is CC(C)CC(c1ccc(OC(CC(C)(C)C)OC2CCCCC2)cc1)C(C)(C)C. The van der Waals surface area contributed by atoms with Crippen LogP contribution in [0.15, 0.2) is 24.3 Å². The highest BCUT2D eigenvalue weighted by molar-refractivity contribution is 5.30. The second kappa shape index (κ2) is 10.3.